The highest BCUT2D eigenvalue weighted by atomic mass is 16.3. The lowest BCUT2D eigenvalue weighted by Gasteiger charge is -2.26. The number of nitrogens with zero attached hydrogens (tertiary/aromatic N) is 2. The Labute approximate surface area is 353 Å². The van der Waals surface area contributed by atoms with Crippen molar-refractivity contribution in [3.8, 4) is 39.1 Å². The average Bonchev–Trinajstić information content (AvgIpc) is 3.88. The Morgan fingerprint density at radius 1 is 0.328 bits per heavy atom. The summed E-state index contributed by atoms with van der Waals surface area (Å²) in [6, 6.07) is 82.9. The summed E-state index contributed by atoms with van der Waals surface area (Å²) in [5.74, 6) is 0. The van der Waals surface area contributed by atoms with Crippen LogP contribution in [0, 0.1) is 0 Å². The minimum Gasteiger partial charge on any atom is -0.455 e. The predicted octanol–water partition coefficient (Wildman–Crippen LogP) is 16.3. The van der Waals surface area contributed by atoms with Gasteiger partial charge in [0.2, 0.25) is 0 Å². The van der Waals surface area contributed by atoms with Crippen LogP contribution in [-0.2, 0) is 0 Å². The van der Waals surface area contributed by atoms with E-state index >= 15 is 0 Å². The first-order chi connectivity index (χ1) is 30.2. The van der Waals surface area contributed by atoms with Gasteiger partial charge in [-0.15, -0.1) is 0 Å². The molecule has 0 aliphatic heterocycles. The van der Waals surface area contributed by atoms with Crippen LogP contribution in [0.15, 0.2) is 235 Å². The maximum Gasteiger partial charge on any atom is 0.143 e. The Morgan fingerprint density at radius 2 is 0.836 bits per heavy atom. The SMILES string of the molecule is c1cc(-c2ccc(N(c3ccc(-c4ccc5ccccc5c4)cc3)c3ccc(-c4cccc5c4oc4ccccc45)cc3)cc2)cc(-n2c3ccccc3c3ccccc32)c1. The quantitative estimate of drug-likeness (QED) is 0.161. The summed E-state index contributed by atoms with van der Waals surface area (Å²) >= 11 is 0. The van der Waals surface area contributed by atoms with Gasteiger partial charge in [-0.2, -0.15) is 0 Å². The predicted molar refractivity (Wildman–Crippen MR) is 257 cm³/mol. The molecule has 0 amide bonds. The fourth-order valence-electron chi connectivity index (χ4n) is 9.21. The van der Waals surface area contributed by atoms with Crippen LogP contribution in [0.1, 0.15) is 0 Å². The van der Waals surface area contributed by atoms with Crippen molar-refractivity contribution < 1.29 is 4.42 Å². The lowest BCUT2D eigenvalue weighted by atomic mass is 10.00. The maximum absolute atomic E-state index is 6.43. The number of hydrogen-bond acceptors (Lipinski definition) is 2. The molecule has 286 valence electrons. The Balaban J connectivity index is 0.926. The Hall–Kier alpha value is -8.14. The Bertz CT molecular complexity index is 3520. The zero-order valence-electron chi connectivity index (χ0n) is 33.2. The number of benzene rings is 10. The molecule has 0 aliphatic carbocycles. The average molecular weight is 779 g/mol. The number of hydrogen-bond donors (Lipinski definition) is 0. The summed E-state index contributed by atoms with van der Waals surface area (Å²) in [5.41, 5.74) is 15.5. The molecule has 3 nitrogen and oxygen atoms in total. The van der Waals surface area contributed by atoms with E-state index in [-0.39, 0.29) is 0 Å². The van der Waals surface area contributed by atoms with Gasteiger partial charge in [0.05, 0.1) is 11.0 Å². The van der Waals surface area contributed by atoms with E-state index in [4.69, 9.17) is 4.42 Å². The number of fused-ring (bicyclic) bond motifs is 7. The molecular formula is C58H38N2O. The monoisotopic (exact) mass is 778 g/mol. The molecule has 0 N–H and O–H groups in total. The normalized spacial score (nSPS) is 11.6. The summed E-state index contributed by atoms with van der Waals surface area (Å²) < 4.78 is 8.81. The van der Waals surface area contributed by atoms with Gasteiger partial charge in [-0.25, -0.2) is 0 Å². The third-order valence-electron chi connectivity index (χ3n) is 12.2. The second-order valence-electron chi connectivity index (χ2n) is 15.7. The van der Waals surface area contributed by atoms with Crippen LogP contribution in [-0.4, -0.2) is 4.57 Å². The fraction of sp³-hybridized carbons (Fsp3) is 0. The van der Waals surface area contributed by atoms with Crippen LogP contribution >= 0.6 is 0 Å². The summed E-state index contributed by atoms with van der Waals surface area (Å²) in [4.78, 5) is 2.34. The summed E-state index contributed by atoms with van der Waals surface area (Å²) in [7, 11) is 0. The van der Waals surface area contributed by atoms with Crippen molar-refractivity contribution in [2.75, 3.05) is 4.90 Å². The molecule has 0 spiro atoms. The second kappa shape index (κ2) is 14.3. The highest BCUT2D eigenvalue weighted by Crippen LogP contribution is 2.41. The highest BCUT2D eigenvalue weighted by Gasteiger charge is 2.17. The topological polar surface area (TPSA) is 21.3 Å². The van der Waals surface area contributed by atoms with Crippen molar-refractivity contribution in [3.05, 3.63) is 231 Å². The van der Waals surface area contributed by atoms with Gasteiger partial charge in [-0.3, -0.25) is 0 Å². The molecule has 0 bridgehead atoms. The number of rotatable bonds is 7. The van der Waals surface area contributed by atoms with Crippen molar-refractivity contribution in [3.63, 3.8) is 0 Å². The van der Waals surface area contributed by atoms with E-state index in [0.29, 0.717) is 0 Å². The largest absolute Gasteiger partial charge is 0.455 e. The summed E-state index contributed by atoms with van der Waals surface area (Å²) in [6.07, 6.45) is 0. The lowest BCUT2D eigenvalue weighted by Crippen LogP contribution is -2.09. The molecule has 0 saturated carbocycles. The first-order valence-corrected chi connectivity index (χ1v) is 20.8. The van der Waals surface area contributed by atoms with E-state index in [1.807, 2.05) is 12.1 Å². The standard InChI is InChI=1S/C58H38N2O/c1-2-12-43-37-45(24-23-39(43)11-1)41-27-33-47(34-28-41)59(48-35-29-42(30-36-48)50-18-10-19-54-53-17-5-8-22-57(53)61-58(50)54)46-31-25-40(26-32-46)44-13-9-14-49(38-44)60-55-20-6-3-15-51(55)52-16-4-7-21-56(52)60/h1-38H. The number of furan rings is 1. The third-order valence-corrected chi connectivity index (χ3v) is 12.2. The van der Waals surface area contributed by atoms with Gasteiger partial charge >= 0.3 is 0 Å². The molecule has 0 radical (unpaired) electrons. The van der Waals surface area contributed by atoms with Crippen molar-refractivity contribution in [1.29, 1.82) is 0 Å². The van der Waals surface area contributed by atoms with Gasteiger partial charge in [0, 0.05) is 49.9 Å². The first kappa shape index (κ1) is 34.9. The molecule has 0 aliphatic rings. The van der Waals surface area contributed by atoms with Gasteiger partial charge in [-0.05, 0) is 111 Å². The van der Waals surface area contributed by atoms with Crippen LogP contribution < -0.4 is 4.90 Å². The Morgan fingerprint density at radius 3 is 1.51 bits per heavy atom. The van der Waals surface area contributed by atoms with Gasteiger partial charge in [0.15, 0.2) is 0 Å². The molecule has 0 atom stereocenters. The molecule has 2 heterocycles. The van der Waals surface area contributed by atoms with Crippen LogP contribution in [0.2, 0.25) is 0 Å². The molecule has 61 heavy (non-hydrogen) atoms. The maximum atomic E-state index is 6.43. The first-order valence-electron chi connectivity index (χ1n) is 20.8. The molecular weight excluding hydrogens is 741 g/mol. The van der Waals surface area contributed by atoms with Crippen LogP contribution in [0.3, 0.4) is 0 Å². The number of para-hydroxylation sites is 4. The zero-order valence-corrected chi connectivity index (χ0v) is 33.2. The molecule has 0 unspecified atom stereocenters. The van der Waals surface area contributed by atoms with Gasteiger partial charge in [0.25, 0.3) is 0 Å². The number of aromatic nitrogens is 1. The fourth-order valence-corrected chi connectivity index (χ4v) is 9.21. The molecule has 0 fully saturated rings. The third kappa shape index (κ3) is 5.98. The smallest absolute Gasteiger partial charge is 0.143 e. The van der Waals surface area contributed by atoms with Crippen molar-refractivity contribution in [2.24, 2.45) is 0 Å². The van der Waals surface area contributed by atoms with Gasteiger partial charge in [-0.1, -0.05) is 158 Å². The minimum absolute atomic E-state index is 0.904. The van der Waals surface area contributed by atoms with E-state index in [0.717, 1.165) is 61.4 Å². The molecule has 2 aromatic heterocycles. The van der Waals surface area contributed by atoms with Crippen LogP contribution in [0.4, 0.5) is 17.1 Å². The Kier molecular flexibility index (Phi) is 8.17. The lowest BCUT2D eigenvalue weighted by molar-refractivity contribution is 0.670. The van der Waals surface area contributed by atoms with E-state index in [1.54, 1.807) is 0 Å². The van der Waals surface area contributed by atoms with Crippen LogP contribution in [0.25, 0.3) is 93.6 Å². The minimum atomic E-state index is 0.904. The van der Waals surface area contributed by atoms with Crippen molar-refractivity contribution in [2.45, 2.75) is 0 Å². The van der Waals surface area contributed by atoms with E-state index in [1.165, 1.54) is 49.3 Å². The number of anilines is 3. The zero-order chi connectivity index (χ0) is 40.3. The van der Waals surface area contributed by atoms with E-state index in [9.17, 15) is 0 Å². The molecule has 12 aromatic rings. The molecule has 12 rings (SSSR count). The van der Waals surface area contributed by atoms with Crippen LogP contribution in [0.5, 0.6) is 0 Å². The van der Waals surface area contributed by atoms with Gasteiger partial charge < -0.3 is 13.9 Å². The summed E-state index contributed by atoms with van der Waals surface area (Å²) in [6.45, 7) is 0. The molecule has 3 heteroatoms. The van der Waals surface area contributed by atoms with Crippen molar-refractivity contribution >= 4 is 71.6 Å². The van der Waals surface area contributed by atoms with E-state index < -0.39 is 0 Å². The highest BCUT2D eigenvalue weighted by molar-refractivity contribution is 6.10. The van der Waals surface area contributed by atoms with E-state index in [2.05, 4.69) is 228 Å². The second-order valence-corrected chi connectivity index (χ2v) is 15.7. The molecule has 10 aromatic carbocycles. The van der Waals surface area contributed by atoms with Crippen molar-refractivity contribution in [1.82, 2.24) is 4.57 Å². The summed E-state index contributed by atoms with van der Waals surface area (Å²) in [5, 5.41) is 7.28. The van der Waals surface area contributed by atoms with Gasteiger partial charge in [0.1, 0.15) is 11.2 Å². The molecule has 0 saturated heterocycles.